The van der Waals surface area contributed by atoms with Crippen LogP contribution in [0.5, 0.6) is 0 Å². The summed E-state index contributed by atoms with van der Waals surface area (Å²) >= 11 is 4.80. The number of thiocarbonyl (C=S) groups is 1. The highest BCUT2D eigenvalue weighted by Gasteiger charge is 2.14. The van der Waals surface area contributed by atoms with Crippen LogP contribution in [0.3, 0.4) is 0 Å². The third-order valence-electron chi connectivity index (χ3n) is 2.51. The maximum atomic E-state index is 12.0. The second kappa shape index (κ2) is 6.07. The van der Waals surface area contributed by atoms with E-state index >= 15 is 0 Å². The van der Waals surface area contributed by atoms with Crippen molar-refractivity contribution in [2.45, 2.75) is 17.9 Å². The molecule has 2 aromatic rings. The predicted octanol–water partition coefficient (Wildman–Crippen LogP) is 0.112. The molecule has 0 spiro atoms. The van der Waals surface area contributed by atoms with Crippen molar-refractivity contribution in [3.63, 3.8) is 0 Å². The van der Waals surface area contributed by atoms with Gasteiger partial charge in [-0.15, -0.1) is 0 Å². The molecule has 1 heterocycles. The molecular weight excluding hydrogens is 298 g/mol. The number of hydrogen-bond donors (Lipinski definition) is 3. The normalized spacial score (nSPS) is 11.4. The third-order valence-corrected chi connectivity index (χ3v) is 4.07. The summed E-state index contributed by atoms with van der Waals surface area (Å²) in [6.45, 7) is 0.0526. The summed E-state index contributed by atoms with van der Waals surface area (Å²) in [6.07, 6.45) is 1.76. The fourth-order valence-electron chi connectivity index (χ4n) is 1.55. The first-order valence-electron chi connectivity index (χ1n) is 5.68. The first kappa shape index (κ1) is 14.6. The molecule has 0 saturated carbocycles. The molecule has 4 N–H and O–H groups in total. The van der Waals surface area contributed by atoms with Crippen LogP contribution in [-0.4, -0.2) is 28.6 Å². The molecule has 0 radical (unpaired) electrons. The first-order valence-corrected chi connectivity index (χ1v) is 7.57. The van der Waals surface area contributed by atoms with E-state index in [0.717, 1.165) is 5.56 Å². The number of aromatic amines is 1. The molecule has 0 bridgehead atoms. The minimum absolute atomic E-state index is 0.0526. The van der Waals surface area contributed by atoms with Gasteiger partial charge in [0, 0.05) is 6.42 Å². The largest absolute Gasteiger partial charge is 0.393 e. The summed E-state index contributed by atoms with van der Waals surface area (Å²) in [4.78, 5) is 4.37. The third kappa shape index (κ3) is 3.83. The van der Waals surface area contributed by atoms with Crippen molar-refractivity contribution >= 4 is 27.2 Å². The molecule has 0 fully saturated rings. The quantitative estimate of drug-likeness (QED) is 0.653. The van der Waals surface area contributed by atoms with E-state index in [9.17, 15) is 8.42 Å². The van der Waals surface area contributed by atoms with E-state index in [1.165, 1.54) is 18.5 Å². The maximum Gasteiger partial charge on any atom is 0.240 e. The topological polar surface area (TPSA) is 114 Å². The second-order valence-corrected chi connectivity index (χ2v) is 6.34. The molecule has 0 aliphatic rings. The summed E-state index contributed by atoms with van der Waals surface area (Å²) in [7, 11) is -3.58. The molecule has 0 atom stereocenters. The van der Waals surface area contributed by atoms with Gasteiger partial charge in [-0.25, -0.2) is 18.1 Å². The number of rotatable bonds is 6. The van der Waals surface area contributed by atoms with Gasteiger partial charge in [0.05, 0.1) is 16.4 Å². The molecule has 0 amide bonds. The van der Waals surface area contributed by atoms with Crippen molar-refractivity contribution in [1.29, 1.82) is 0 Å². The van der Waals surface area contributed by atoms with Gasteiger partial charge in [0.2, 0.25) is 10.0 Å². The summed E-state index contributed by atoms with van der Waals surface area (Å²) in [5, 5.41) is 6.22. The standard InChI is InChI=1S/C11H13N5O2S2/c12-10(19)5-8-1-3-9(4-2-8)20(17,18)15-6-11-13-7-14-16-11/h1-4,7,15H,5-6H2,(H2,12,19)(H,13,14,16). The SMILES string of the molecule is NC(=S)Cc1ccc(S(=O)(=O)NCc2ncn[nH]2)cc1. The zero-order valence-corrected chi connectivity index (χ0v) is 12.0. The Balaban J connectivity index is 2.07. The highest BCUT2D eigenvalue weighted by Crippen LogP contribution is 2.11. The van der Waals surface area contributed by atoms with Crippen molar-refractivity contribution < 1.29 is 8.42 Å². The molecule has 0 aliphatic heterocycles. The first-order chi connectivity index (χ1) is 9.47. The van der Waals surface area contributed by atoms with E-state index in [4.69, 9.17) is 18.0 Å². The average molecular weight is 311 g/mol. The molecule has 1 aromatic heterocycles. The van der Waals surface area contributed by atoms with E-state index in [1.807, 2.05) is 0 Å². The van der Waals surface area contributed by atoms with Crippen LogP contribution >= 0.6 is 12.2 Å². The Morgan fingerprint density at radius 2 is 2.05 bits per heavy atom. The minimum atomic E-state index is -3.58. The van der Waals surface area contributed by atoms with Gasteiger partial charge in [-0.3, -0.25) is 5.10 Å². The van der Waals surface area contributed by atoms with Gasteiger partial charge in [-0.05, 0) is 17.7 Å². The van der Waals surface area contributed by atoms with Crippen molar-refractivity contribution in [2.75, 3.05) is 0 Å². The van der Waals surface area contributed by atoms with E-state index in [0.29, 0.717) is 17.2 Å². The fourth-order valence-corrected chi connectivity index (χ4v) is 2.70. The summed E-state index contributed by atoms with van der Waals surface area (Å²) < 4.78 is 26.5. The van der Waals surface area contributed by atoms with Gasteiger partial charge in [0.15, 0.2) is 0 Å². The number of nitrogens with zero attached hydrogens (tertiary/aromatic N) is 2. The Labute approximate surface area is 121 Å². The number of H-pyrrole nitrogens is 1. The van der Waals surface area contributed by atoms with Crippen molar-refractivity contribution in [3.05, 3.63) is 42.0 Å². The Hall–Kier alpha value is -1.84. The smallest absolute Gasteiger partial charge is 0.240 e. The summed E-state index contributed by atoms with van der Waals surface area (Å²) in [5.74, 6) is 0.443. The number of sulfonamides is 1. The number of aromatic nitrogens is 3. The van der Waals surface area contributed by atoms with E-state index in [-0.39, 0.29) is 11.4 Å². The van der Waals surface area contributed by atoms with Crippen LogP contribution in [-0.2, 0) is 23.0 Å². The van der Waals surface area contributed by atoms with Crippen LogP contribution in [0.2, 0.25) is 0 Å². The molecule has 7 nitrogen and oxygen atoms in total. The van der Waals surface area contributed by atoms with Gasteiger partial charge in [0.25, 0.3) is 0 Å². The van der Waals surface area contributed by atoms with Crippen LogP contribution in [0.1, 0.15) is 11.4 Å². The fraction of sp³-hybridized carbons (Fsp3) is 0.182. The zero-order chi connectivity index (χ0) is 14.6. The second-order valence-electron chi connectivity index (χ2n) is 4.04. The minimum Gasteiger partial charge on any atom is -0.393 e. The van der Waals surface area contributed by atoms with Gasteiger partial charge in [-0.1, -0.05) is 24.4 Å². The molecule has 9 heteroatoms. The van der Waals surface area contributed by atoms with Crippen molar-refractivity contribution in [2.24, 2.45) is 5.73 Å². The average Bonchev–Trinajstić information content (AvgIpc) is 2.89. The van der Waals surface area contributed by atoms with Crippen LogP contribution in [0.15, 0.2) is 35.5 Å². The molecule has 0 aliphatic carbocycles. The molecule has 0 saturated heterocycles. The molecule has 2 rings (SSSR count). The van der Waals surface area contributed by atoms with Gasteiger partial charge < -0.3 is 5.73 Å². The lowest BCUT2D eigenvalue weighted by molar-refractivity contribution is 0.579. The van der Waals surface area contributed by atoms with Gasteiger partial charge in [-0.2, -0.15) is 5.10 Å². The molecule has 1 aromatic carbocycles. The Morgan fingerprint density at radius 3 is 2.60 bits per heavy atom. The van der Waals surface area contributed by atoms with Crippen molar-refractivity contribution in [1.82, 2.24) is 19.9 Å². The monoisotopic (exact) mass is 311 g/mol. The highest BCUT2D eigenvalue weighted by atomic mass is 32.2. The zero-order valence-electron chi connectivity index (χ0n) is 10.4. The maximum absolute atomic E-state index is 12.0. The lowest BCUT2D eigenvalue weighted by Gasteiger charge is -2.06. The predicted molar refractivity (Wildman–Crippen MR) is 77.3 cm³/mol. The van der Waals surface area contributed by atoms with E-state index < -0.39 is 10.0 Å². The number of nitrogens with two attached hydrogens (primary N) is 1. The van der Waals surface area contributed by atoms with Gasteiger partial charge in [0.1, 0.15) is 12.2 Å². The number of hydrogen-bond acceptors (Lipinski definition) is 5. The summed E-state index contributed by atoms with van der Waals surface area (Å²) in [6, 6.07) is 6.39. The highest BCUT2D eigenvalue weighted by molar-refractivity contribution is 7.89. The summed E-state index contributed by atoms with van der Waals surface area (Å²) in [5.41, 5.74) is 6.30. The van der Waals surface area contributed by atoms with Crippen molar-refractivity contribution in [3.8, 4) is 0 Å². The molecule has 0 unspecified atom stereocenters. The lowest BCUT2D eigenvalue weighted by atomic mass is 10.1. The van der Waals surface area contributed by atoms with Crippen LogP contribution in [0.25, 0.3) is 0 Å². The van der Waals surface area contributed by atoms with Crippen LogP contribution in [0.4, 0.5) is 0 Å². The number of benzene rings is 1. The molecule has 20 heavy (non-hydrogen) atoms. The Bertz CT molecular complexity index is 680. The lowest BCUT2D eigenvalue weighted by Crippen LogP contribution is -2.23. The van der Waals surface area contributed by atoms with E-state index in [1.54, 1.807) is 12.1 Å². The molecule has 106 valence electrons. The number of nitrogens with one attached hydrogen (secondary N) is 2. The Kier molecular flexibility index (Phi) is 4.42. The molecular formula is C11H13N5O2S2. The Morgan fingerprint density at radius 1 is 1.35 bits per heavy atom. The van der Waals surface area contributed by atoms with Crippen LogP contribution in [0, 0.1) is 0 Å². The van der Waals surface area contributed by atoms with Gasteiger partial charge >= 0.3 is 0 Å². The van der Waals surface area contributed by atoms with Crippen LogP contribution < -0.4 is 10.5 Å². The van der Waals surface area contributed by atoms with E-state index in [2.05, 4.69) is 19.9 Å².